The molecule has 0 bridgehead atoms. The van der Waals surface area contributed by atoms with Crippen LogP contribution in [0.1, 0.15) is 50.4 Å². The summed E-state index contributed by atoms with van der Waals surface area (Å²) >= 11 is 0. The van der Waals surface area contributed by atoms with Crippen LogP contribution in [-0.4, -0.2) is 64.3 Å². The van der Waals surface area contributed by atoms with Crippen LogP contribution in [0.15, 0.2) is 54.6 Å². The number of primary amides is 2. The van der Waals surface area contributed by atoms with Gasteiger partial charge in [-0.15, -0.1) is 0 Å². The second-order valence-electron chi connectivity index (χ2n) is 12.1. The third kappa shape index (κ3) is 8.45. The van der Waals surface area contributed by atoms with Gasteiger partial charge in [-0.1, -0.05) is 62.4 Å². The van der Waals surface area contributed by atoms with Crippen LogP contribution < -0.4 is 32.7 Å². The van der Waals surface area contributed by atoms with Crippen molar-refractivity contribution in [1.82, 2.24) is 26.3 Å². The first-order valence-electron chi connectivity index (χ1n) is 15.4. The summed E-state index contributed by atoms with van der Waals surface area (Å²) in [5, 5.41) is 11.4. The Hall–Kier alpha value is -5.40. The summed E-state index contributed by atoms with van der Waals surface area (Å²) < 4.78 is 5.25. The fourth-order valence-electron chi connectivity index (χ4n) is 5.61. The van der Waals surface area contributed by atoms with Crippen molar-refractivity contribution in [1.29, 1.82) is 0 Å². The molecule has 14 nitrogen and oxygen atoms in total. The predicted octanol–water partition coefficient (Wildman–Crippen LogP) is 0.813. The average Bonchev–Trinajstić information content (AvgIpc) is 3.39. The van der Waals surface area contributed by atoms with Crippen molar-refractivity contribution in [3.05, 3.63) is 71.4 Å². The minimum Gasteiger partial charge on any atom is -0.445 e. The molecule has 3 aromatic rings. The highest BCUT2D eigenvalue weighted by atomic mass is 16.5. The number of aryl methyl sites for hydroxylation is 1. The normalized spacial score (nSPS) is 17.4. The van der Waals surface area contributed by atoms with E-state index in [-0.39, 0.29) is 19.4 Å². The van der Waals surface area contributed by atoms with E-state index < -0.39 is 71.6 Å². The molecule has 9 N–H and O–H groups in total. The Morgan fingerprint density at radius 1 is 0.894 bits per heavy atom. The average molecular weight is 648 g/mol. The number of nitrogens with two attached hydrogens (primary N) is 2. The summed E-state index contributed by atoms with van der Waals surface area (Å²) in [6, 6.07) is 13.0. The van der Waals surface area contributed by atoms with Crippen LogP contribution in [0.2, 0.25) is 0 Å². The largest absolute Gasteiger partial charge is 0.445 e. The van der Waals surface area contributed by atoms with Gasteiger partial charge >= 0.3 is 6.09 Å². The number of H-pyrrole nitrogens is 1. The number of ether oxygens (including phenoxy) is 1. The fourth-order valence-corrected chi connectivity index (χ4v) is 5.61. The Morgan fingerprint density at radius 3 is 2.23 bits per heavy atom. The third-order valence-corrected chi connectivity index (χ3v) is 8.22. The molecule has 0 saturated heterocycles. The van der Waals surface area contributed by atoms with Crippen molar-refractivity contribution in [3.63, 3.8) is 0 Å². The number of benzene rings is 2. The number of aromatic nitrogens is 1. The number of para-hydroxylation sites is 1. The second-order valence-corrected chi connectivity index (χ2v) is 12.1. The van der Waals surface area contributed by atoms with Gasteiger partial charge < -0.3 is 42.5 Å². The van der Waals surface area contributed by atoms with E-state index in [1.165, 1.54) is 6.92 Å². The van der Waals surface area contributed by atoms with Crippen molar-refractivity contribution < 1.29 is 33.5 Å². The molecule has 1 aliphatic rings. The van der Waals surface area contributed by atoms with Gasteiger partial charge in [0, 0.05) is 23.0 Å². The van der Waals surface area contributed by atoms with Crippen molar-refractivity contribution in [2.24, 2.45) is 17.4 Å². The van der Waals surface area contributed by atoms with Crippen LogP contribution in [0.4, 0.5) is 4.79 Å². The Bertz CT molecular complexity index is 1660. The first kappa shape index (κ1) is 34.5. The molecule has 0 radical (unpaired) electrons. The molecule has 0 aliphatic heterocycles. The van der Waals surface area contributed by atoms with Crippen LogP contribution >= 0.6 is 0 Å². The molecule has 2 aromatic carbocycles. The van der Waals surface area contributed by atoms with E-state index >= 15 is 0 Å². The summed E-state index contributed by atoms with van der Waals surface area (Å²) in [4.78, 5) is 80.4. The van der Waals surface area contributed by atoms with E-state index in [9.17, 15) is 28.8 Å². The number of amides is 6. The molecular formula is C33H41N7O7. The zero-order chi connectivity index (χ0) is 34.3. The zero-order valence-corrected chi connectivity index (χ0v) is 26.6. The van der Waals surface area contributed by atoms with E-state index in [0.717, 1.165) is 27.7 Å². The number of hydrogen-bond donors (Lipinski definition) is 7. The van der Waals surface area contributed by atoms with Crippen LogP contribution in [0.3, 0.4) is 0 Å². The lowest BCUT2D eigenvalue weighted by molar-refractivity contribution is -0.138. The number of rotatable bonds is 13. The molecule has 1 aliphatic carbocycles. The molecule has 47 heavy (non-hydrogen) atoms. The van der Waals surface area contributed by atoms with Crippen molar-refractivity contribution >= 4 is 46.5 Å². The molecule has 250 valence electrons. The van der Waals surface area contributed by atoms with E-state index in [0.29, 0.717) is 6.42 Å². The summed E-state index contributed by atoms with van der Waals surface area (Å²) in [5.41, 5.74) is 12.5. The number of nitrogens with one attached hydrogen (secondary N) is 5. The quantitative estimate of drug-likeness (QED) is 0.141. The van der Waals surface area contributed by atoms with Crippen LogP contribution in [0.5, 0.6) is 0 Å². The highest BCUT2D eigenvalue weighted by Crippen LogP contribution is 2.34. The SMILES string of the molecule is CC(C)[C@H](NC(=O)[C@]1(NC(=O)[C@H](C)NC(=O)OCc2ccccc2)CCc2[nH]c3ccccc3c2C1)C(=O)N[C@@H](CC(N)=O)C(N)=O. The molecule has 4 rings (SSSR count). The lowest BCUT2D eigenvalue weighted by atomic mass is 9.78. The maximum Gasteiger partial charge on any atom is 0.408 e. The zero-order valence-electron chi connectivity index (χ0n) is 26.6. The lowest BCUT2D eigenvalue weighted by Crippen LogP contribution is -2.66. The van der Waals surface area contributed by atoms with Crippen molar-refractivity contribution in [3.8, 4) is 0 Å². The smallest absolute Gasteiger partial charge is 0.408 e. The maximum atomic E-state index is 14.3. The molecule has 0 unspecified atom stereocenters. The van der Waals surface area contributed by atoms with Gasteiger partial charge in [-0.2, -0.15) is 0 Å². The summed E-state index contributed by atoms with van der Waals surface area (Å²) in [5.74, 6) is -4.30. The summed E-state index contributed by atoms with van der Waals surface area (Å²) in [6.45, 7) is 4.85. The van der Waals surface area contributed by atoms with Gasteiger partial charge in [0.15, 0.2) is 0 Å². The van der Waals surface area contributed by atoms with Gasteiger partial charge in [0.1, 0.15) is 30.3 Å². The Morgan fingerprint density at radius 2 is 1.57 bits per heavy atom. The van der Waals surface area contributed by atoms with Gasteiger partial charge in [-0.05, 0) is 42.9 Å². The Kier molecular flexibility index (Phi) is 10.9. The number of fused-ring (bicyclic) bond motifs is 3. The molecule has 0 saturated carbocycles. The first-order valence-corrected chi connectivity index (χ1v) is 15.4. The van der Waals surface area contributed by atoms with Crippen LogP contribution in [0, 0.1) is 5.92 Å². The standard InChI is InChI=1S/C33H41N7O7/c1-18(2)27(30(44)38-25(28(35)42)15-26(34)41)39-31(45)33(14-13-24-22(16-33)21-11-7-8-12-23(21)37-24)40-29(43)19(3)36-32(46)47-17-20-9-5-4-6-10-20/h4-12,18-19,25,27,37H,13-17H2,1-3H3,(H2,34,41)(H2,35,42)(H,36,46)(H,38,44)(H,39,45)(H,40,43)/t19-,25-,27-,33-/m0/s1. The van der Waals surface area contributed by atoms with Gasteiger partial charge in [0.2, 0.25) is 29.5 Å². The van der Waals surface area contributed by atoms with Gasteiger partial charge in [-0.25, -0.2) is 4.79 Å². The molecule has 4 atom stereocenters. The van der Waals surface area contributed by atoms with Crippen molar-refractivity contribution in [2.75, 3.05) is 0 Å². The molecule has 6 amide bonds. The Balaban J connectivity index is 1.56. The monoisotopic (exact) mass is 647 g/mol. The summed E-state index contributed by atoms with van der Waals surface area (Å²) in [7, 11) is 0. The van der Waals surface area contributed by atoms with Crippen LogP contribution in [0.25, 0.3) is 10.9 Å². The second kappa shape index (κ2) is 14.8. The predicted molar refractivity (Wildman–Crippen MR) is 172 cm³/mol. The number of alkyl carbamates (subject to hydrolysis) is 1. The lowest BCUT2D eigenvalue weighted by Gasteiger charge is -2.39. The molecular weight excluding hydrogens is 606 g/mol. The number of carbonyl (C=O) groups excluding carboxylic acids is 6. The molecule has 0 spiro atoms. The van der Waals surface area contributed by atoms with Crippen LogP contribution in [-0.2, 0) is 48.2 Å². The number of carbonyl (C=O) groups is 6. The minimum absolute atomic E-state index is 0.00536. The van der Waals surface area contributed by atoms with E-state index in [1.54, 1.807) is 26.0 Å². The summed E-state index contributed by atoms with van der Waals surface area (Å²) in [6.07, 6.45) is -0.656. The highest BCUT2D eigenvalue weighted by molar-refractivity contribution is 5.99. The van der Waals surface area contributed by atoms with E-state index in [1.807, 2.05) is 42.5 Å². The minimum atomic E-state index is -1.53. The molecule has 14 heteroatoms. The third-order valence-electron chi connectivity index (χ3n) is 8.22. The number of hydrogen-bond acceptors (Lipinski definition) is 7. The van der Waals surface area contributed by atoms with E-state index in [2.05, 4.69) is 26.3 Å². The maximum absolute atomic E-state index is 14.3. The van der Waals surface area contributed by atoms with Gasteiger partial charge in [0.25, 0.3) is 0 Å². The van der Waals surface area contributed by atoms with Gasteiger partial charge in [-0.3, -0.25) is 24.0 Å². The fraction of sp³-hybridized carbons (Fsp3) is 0.394. The number of aromatic amines is 1. The highest BCUT2D eigenvalue weighted by Gasteiger charge is 2.46. The molecule has 1 aromatic heterocycles. The molecule has 1 heterocycles. The van der Waals surface area contributed by atoms with Gasteiger partial charge in [0.05, 0.1) is 6.42 Å². The first-order chi connectivity index (χ1) is 22.3. The van der Waals surface area contributed by atoms with Crippen molar-refractivity contribution in [2.45, 2.75) is 76.7 Å². The molecule has 0 fully saturated rings. The topological polar surface area (TPSA) is 228 Å². The van der Waals surface area contributed by atoms with E-state index in [4.69, 9.17) is 16.2 Å². The Labute approximate surface area is 271 Å².